The van der Waals surface area contributed by atoms with Crippen molar-refractivity contribution in [2.75, 3.05) is 4.72 Å². The molecule has 2 rings (SSSR count). The van der Waals surface area contributed by atoms with Crippen LogP contribution in [0.25, 0.3) is 0 Å². The van der Waals surface area contributed by atoms with Crippen LogP contribution in [-0.2, 0) is 16.4 Å². The van der Waals surface area contributed by atoms with Crippen LogP contribution in [0.3, 0.4) is 0 Å². The fourth-order valence-corrected chi connectivity index (χ4v) is 2.53. The molecule has 104 valence electrons. The molecule has 20 heavy (non-hydrogen) atoms. The van der Waals surface area contributed by atoms with E-state index in [4.69, 9.17) is 5.26 Å². The van der Waals surface area contributed by atoms with Crippen molar-refractivity contribution in [3.05, 3.63) is 41.6 Å². The molecule has 6 nitrogen and oxygen atoms in total. The van der Waals surface area contributed by atoms with Gasteiger partial charge in [-0.15, -0.1) is 0 Å². The molecule has 0 saturated heterocycles. The molecule has 1 aromatic carbocycles. The highest BCUT2D eigenvalue weighted by Gasteiger charge is 2.17. The summed E-state index contributed by atoms with van der Waals surface area (Å²) in [6, 6.07) is 5.04. The van der Waals surface area contributed by atoms with Crippen LogP contribution in [0.4, 0.5) is 10.1 Å². The van der Waals surface area contributed by atoms with Crippen LogP contribution >= 0.6 is 0 Å². The minimum atomic E-state index is -3.84. The third kappa shape index (κ3) is 2.78. The molecule has 0 saturated carbocycles. The topological polar surface area (TPSA) is 98.6 Å². The fraction of sp³-hybridized carbons (Fsp3) is 0.167. The monoisotopic (exact) mass is 294 g/mol. The highest BCUT2D eigenvalue weighted by molar-refractivity contribution is 7.92. The van der Waals surface area contributed by atoms with Gasteiger partial charge in [-0.1, -0.05) is 6.92 Å². The lowest BCUT2D eigenvalue weighted by Crippen LogP contribution is -2.13. The van der Waals surface area contributed by atoms with Crippen molar-refractivity contribution in [2.24, 2.45) is 0 Å². The van der Waals surface area contributed by atoms with Crippen molar-refractivity contribution in [3.63, 3.8) is 0 Å². The Morgan fingerprint density at radius 3 is 2.85 bits per heavy atom. The van der Waals surface area contributed by atoms with Crippen LogP contribution in [-0.4, -0.2) is 18.4 Å². The second-order valence-electron chi connectivity index (χ2n) is 3.96. The largest absolute Gasteiger partial charge is 0.332 e. The lowest BCUT2D eigenvalue weighted by molar-refractivity contribution is 0.597. The van der Waals surface area contributed by atoms with E-state index in [1.807, 2.05) is 6.92 Å². The van der Waals surface area contributed by atoms with E-state index in [0.717, 1.165) is 12.1 Å². The van der Waals surface area contributed by atoms with Gasteiger partial charge in [0.1, 0.15) is 17.7 Å². The number of anilines is 1. The smallest absolute Gasteiger partial charge is 0.278 e. The molecular formula is C12H11FN4O2S. The first-order valence-electron chi connectivity index (χ1n) is 5.72. The Balaban J connectivity index is 2.31. The van der Waals surface area contributed by atoms with Gasteiger partial charge in [0, 0.05) is 6.42 Å². The van der Waals surface area contributed by atoms with Crippen LogP contribution < -0.4 is 4.72 Å². The van der Waals surface area contributed by atoms with Gasteiger partial charge in [0.05, 0.1) is 17.4 Å². The molecule has 2 aromatic rings. The van der Waals surface area contributed by atoms with Crippen LogP contribution in [0.2, 0.25) is 0 Å². The summed E-state index contributed by atoms with van der Waals surface area (Å²) in [6.45, 7) is 1.84. The molecule has 2 N–H and O–H groups in total. The number of halogens is 1. The Kier molecular flexibility index (Phi) is 3.72. The standard InChI is InChI=1S/C12H11FN4O2S/c1-2-11-15-7-12(16-11)20(18,19)17-9-3-4-10(13)8(5-9)6-14/h3-5,7,17H,2H2,1H3,(H,15,16). The number of H-pyrrole nitrogens is 1. The molecule has 0 atom stereocenters. The molecule has 1 heterocycles. The van der Waals surface area contributed by atoms with Crippen LogP contribution in [0, 0.1) is 17.1 Å². The molecular weight excluding hydrogens is 283 g/mol. The molecule has 0 spiro atoms. The number of sulfonamides is 1. The number of nitriles is 1. The van der Waals surface area contributed by atoms with E-state index < -0.39 is 15.8 Å². The number of aryl methyl sites for hydroxylation is 1. The van der Waals surface area contributed by atoms with Crippen molar-refractivity contribution >= 4 is 15.7 Å². The van der Waals surface area contributed by atoms with Gasteiger partial charge in [-0.2, -0.15) is 13.7 Å². The molecule has 1 aromatic heterocycles. The van der Waals surface area contributed by atoms with Crippen molar-refractivity contribution < 1.29 is 12.8 Å². The highest BCUT2D eigenvalue weighted by atomic mass is 32.2. The van der Waals surface area contributed by atoms with E-state index in [0.29, 0.717) is 12.2 Å². The first-order chi connectivity index (χ1) is 9.46. The van der Waals surface area contributed by atoms with Gasteiger partial charge < -0.3 is 4.98 Å². The van der Waals surface area contributed by atoms with Crippen molar-refractivity contribution in [3.8, 4) is 6.07 Å². The zero-order valence-electron chi connectivity index (χ0n) is 10.5. The van der Waals surface area contributed by atoms with Gasteiger partial charge in [0.25, 0.3) is 10.0 Å². The zero-order valence-corrected chi connectivity index (χ0v) is 11.3. The first kappa shape index (κ1) is 14.0. The van der Waals surface area contributed by atoms with Crippen LogP contribution in [0.1, 0.15) is 18.3 Å². The molecule has 0 unspecified atom stereocenters. The maximum absolute atomic E-state index is 13.2. The number of rotatable bonds is 4. The Labute approximate surface area is 115 Å². The van der Waals surface area contributed by atoms with Gasteiger partial charge in [-0.05, 0) is 18.2 Å². The van der Waals surface area contributed by atoms with E-state index in [1.165, 1.54) is 12.3 Å². The number of aromatic nitrogens is 2. The maximum atomic E-state index is 13.2. The van der Waals surface area contributed by atoms with Crippen LogP contribution in [0.15, 0.2) is 29.4 Å². The molecule has 0 radical (unpaired) electrons. The Hall–Kier alpha value is -2.40. The summed E-state index contributed by atoms with van der Waals surface area (Å²) in [5.41, 5.74) is -0.125. The quantitative estimate of drug-likeness (QED) is 0.898. The van der Waals surface area contributed by atoms with Crippen molar-refractivity contribution in [1.29, 1.82) is 5.26 Å². The number of nitrogens with one attached hydrogen (secondary N) is 2. The third-order valence-electron chi connectivity index (χ3n) is 2.57. The molecule has 0 bridgehead atoms. The van der Waals surface area contributed by atoms with Gasteiger partial charge in [-0.3, -0.25) is 4.72 Å². The zero-order chi connectivity index (χ0) is 14.8. The minimum absolute atomic E-state index is 0.0859. The molecule has 0 aliphatic heterocycles. The Morgan fingerprint density at radius 2 is 2.25 bits per heavy atom. The second kappa shape index (κ2) is 5.30. The van der Waals surface area contributed by atoms with Gasteiger partial charge in [-0.25, -0.2) is 9.37 Å². The SMILES string of the molecule is CCc1ncc(S(=O)(=O)Nc2ccc(F)c(C#N)c2)[nH]1. The average Bonchev–Trinajstić information content (AvgIpc) is 2.90. The fourth-order valence-electron chi connectivity index (χ4n) is 1.54. The summed E-state index contributed by atoms with van der Waals surface area (Å²) in [6.07, 6.45) is 1.78. The van der Waals surface area contributed by atoms with Crippen molar-refractivity contribution in [2.45, 2.75) is 18.4 Å². The van der Waals surface area contributed by atoms with E-state index in [9.17, 15) is 12.8 Å². The summed E-state index contributed by atoms with van der Waals surface area (Å²) < 4.78 is 39.5. The summed E-state index contributed by atoms with van der Waals surface area (Å²) in [5.74, 6) is -0.160. The van der Waals surface area contributed by atoms with E-state index >= 15 is 0 Å². The van der Waals surface area contributed by atoms with E-state index in [2.05, 4.69) is 14.7 Å². The molecule has 0 amide bonds. The molecule has 8 heteroatoms. The number of imidazole rings is 1. The lowest BCUT2D eigenvalue weighted by Gasteiger charge is -2.06. The normalized spacial score (nSPS) is 11.1. The van der Waals surface area contributed by atoms with E-state index in [1.54, 1.807) is 6.07 Å². The summed E-state index contributed by atoms with van der Waals surface area (Å²) in [5, 5.41) is 8.62. The van der Waals surface area contributed by atoms with Crippen molar-refractivity contribution in [1.82, 2.24) is 9.97 Å². The minimum Gasteiger partial charge on any atom is -0.332 e. The maximum Gasteiger partial charge on any atom is 0.278 e. The number of hydrogen-bond acceptors (Lipinski definition) is 4. The van der Waals surface area contributed by atoms with E-state index in [-0.39, 0.29) is 16.3 Å². The number of hydrogen-bond donors (Lipinski definition) is 2. The average molecular weight is 294 g/mol. The van der Waals surface area contributed by atoms with Crippen LogP contribution in [0.5, 0.6) is 0 Å². The summed E-state index contributed by atoms with van der Waals surface area (Å²) >= 11 is 0. The molecule has 0 aliphatic rings. The van der Waals surface area contributed by atoms with Gasteiger partial charge >= 0.3 is 0 Å². The second-order valence-corrected chi connectivity index (χ2v) is 5.61. The third-order valence-corrected chi connectivity index (χ3v) is 3.86. The molecule has 0 aliphatic carbocycles. The first-order valence-corrected chi connectivity index (χ1v) is 7.21. The predicted molar refractivity (Wildman–Crippen MR) is 69.9 cm³/mol. The Morgan fingerprint density at radius 1 is 1.50 bits per heavy atom. The summed E-state index contributed by atoms with van der Waals surface area (Å²) in [7, 11) is -3.84. The predicted octanol–water partition coefficient (Wildman–Crippen LogP) is 1.78. The Bertz CT molecular complexity index is 777. The lowest BCUT2D eigenvalue weighted by atomic mass is 10.2. The summed E-state index contributed by atoms with van der Waals surface area (Å²) in [4.78, 5) is 6.57. The number of aromatic amines is 1. The number of nitrogens with zero attached hydrogens (tertiary/aromatic N) is 2. The number of benzene rings is 1. The van der Waals surface area contributed by atoms with Gasteiger partial charge in [0.15, 0.2) is 5.03 Å². The molecule has 0 fully saturated rings. The van der Waals surface area contributed by atoms with Gasteiger partial charge in [0.2, 0.25) is 0 Å². The highest BCUT2D eigenvalue weighted by Crippen LogP contribution is 2.18.